The van der Waals surface area contributed by atoms with Gasteiger partial charge in [-0.1, -0.05) is 24.9 Å². The van der Waals surface area contributed by atoms with Crippen LogP contribution in [0.25, 0.3) is 0 Å². The van der Waals surface area contributed by atoms with Gasteiger partial charge in [0.2, 0.25) is 0 Å². The molecular formula is C12H18N2O3. The van der Waals surface area contributed by atoms with Gasteiger partial charge in [0.25, 0.3) is 0 Å². The number of rotatable bonds is 3. The summed E-state index contributed by atoms with van der Waals surface area (Å²) in [5.74, 6) is 1.11. The van der Waals surface area contributed by atoms with Crippen LogP contribution in [0.2, 0.25) is 0 Å². The molecule has 2 atom stereocenters. The van der Waals surface area contributed by atoms with Gasteiger partial charge in [-0.2, -0.15) is 4.98 Å². The van der Waals surface area contributed by atoms with E-state index in [1.807, 2.05) is 0 Å². The van der Waals surface area contributed by atoms with Gasteiger partial charge in [-0.15, -0.1) is 0 Å². The second-order valence-corrected chi connectivity index (χ2v) is 4.65. The van der Waals surface area contributed by atoms with Crippen LogP contribution in [0.4, 0.5) is 0 Å². The lowest BCUT2D eigenvalue weighted by Crippen LogP contribution is -2.13. The standard InChI is InChI=1S/C12H18N2O3/c1-3-16-12(15)11-13-10(14-17-11)9-6-4-5-8(2)7-9/h8-9H,3-7H2,1-2H3. The van der Waals surface area contributed by atoms with E-state index in [0.717, 1.165) is 12.8 Å². The monoisotopic (exact) mass is 238 g/mol. The SMILES string of the molecule is CCOC(=O)c1nc(C2CCCC(C)C2)no1. The summed E-state index contributed by atoms with van der Waals surface area (Å²) >= 11 is 0. The molecule has 2 unspecified atom stereocenters. The van der Waals surface area contributed by atoms with Crippen molar-refractivity contribution in [1.29, 1.82) is 0 Å². The zero-order valence-electron chi connectivity index (χ0n) is 10.3. The number of carbonyl (C=O) groups excluding carboxylic acids is 1. The van der Waals surface area contributed by atoms with Gasteiger partial charge in [0.05, 0.1) is 6.61 Å². The molecule has 0 saturated heterocycles. The molecule has 0 bridgehead atoms. The highest BCUT2D eigenvalue weighted by atomic mass is 16.6. The lowest BCUT2D eigenvalue weighted by atomic mass is 9.82. The highest BCUT2D eigenvalue weighted by Crippen LogP contribution is 2.34. The lowest BCUT2D eigenvalue weighted by Gasteiger charge is -2.23. The number of hydrogen-bond acceptors (Lipinski definition) is 5. The maximum Gasteiger partial charge on any atom is 0.397 e. The van der Waals surface area contributed by atoms with Crippen molar-refractivity contribution in [3.63, 3.8) is 0 Å². The number of esters is 1. The van der Waals surface area contributed by atoms with Crippen molar-refractivity contribution >= 4 is 5.97 Å². The van der Waals surface area contributed by atoms with Crippen molar-refractivity contribution in [2.45, 2.75) is 45.4 Å². The Morgan fingerprint density at radius 1 is 1.53 bits per heavy atom. The van der Waals surface area contributed by atoms with Crippen LogP contribution in [0.3, 0.4) is 0 Å². The summed E-state index contributed by atoms with van der Waals surface area (Å²) in [4.78, 5) is 15.5. The maximum atomic E-state index is 11.4. The molecule has 2 rings (SSSR count). The molecule has 5 nitrogen and oxygen atoms in total. The predicted molar refractivity (Wildman–Crippen MR) is 60.6 cm³/mol. The summed E-state index contributed by atoms with van der Waals surface area (Å²) in [7, 11) is 0. The van der Waals surface area contributed by atoms with Crippen LogP contribution < -0.4 is 0 Å². The first-order valence-electron chi connectivity index (χ1n) is 6.21. The Labute approximate surface area is 101 Å². The topological polar surface area (TPSA) is 65.2 Å². The van der Waals surface area contributed by atoms with Crippen molar-refractivity contribution in [1.82, 2.24) is 10.1 Å². The maximum absolute atomic E-state index is 11.4. The van der Waals surface area contributed by atoms with Gasteiger partial charge in [0.1, 0.15) is 0 Å². The zero-order chi connectivity index (χ0) is 12.3. The third-order valence-corrected chi connectivity index (χ3v) is 3.19. The smallest absolute Gasteiger partial charge is 0.397 e. The number of aromatic nitrogens is 2. The fraction of sp³-hybridized carbons (Fsp3) is 0.750. The van der Waals surface area contributed by atoms with Crippen LogP contribution in [0.15, 0.2) is 4.52 Å². The summed E-state index contributed by atoms with van der Waals surface area (Å²) < 4.78 is 9.75. The van der Waals surface area contributed by atoms with Gasteiger partial charge in [0, 0.05) is 5.92 Å². The molecule has 1 saturated carbocycles. The van der Waals surface area contributed by atoms with Crippen molar-refractivity contribution in [3.05, 3.63) is 11.7 Å². The molecule has 1 aliphatic rings. The van der Waals surface area contributed by atoms with E-state index < -0.39 is 5.97 Å². The Bertz CT molecular complexity index is 389. The number of hydrogen-bond donors (Lipinski definition) is 0. The molecule has 0 amide bonds. The Balaban J connectivity index is 2.04. The van der Waals surface area contributed by atoms with Crippen molar-refractivity contribution in [2.24, 2.45) is 5.92 Å². The molecule has 0 aliphatic heterocycles. The van der Waals surface area contributed by atoms with Gasteiger partial charge in [-0.05, 0) is 25.7 Å². The number of carbonyl (C=O) groups is 1. The van der Waals surface area contributed by atoms with Crippen LogP contribution in [0.5, 0.6) is 0 Å². The molecule has 1 heterocycles. The molecule has 1 fully saturated rings. The zero-order valence-corrected chi connectivity index (χ0v) is 10.3. The third kappa shape index (κ3) is 2.84. The van der Waals surface area contributed by atoms with Crippen molar-refractivity contribution in [2.75, 3.05) is 6.61 Å². The Kier molecular flexibility index (Phi) is 3.76. The lowest BCUT2D eigenvalue weighted by molar-refractivity contribution is 0.0470. The van der Waals surface area contributed by atoms with E-state index in [2.05, 4.69) is 17.1 Å². The van der Waals surface area contributed by atoms with E-state index >= 15 is 0 Å². The Hall–Kier alpha value is -1.39. The summed E-state index contributed by atoms with van der Waals surface area (Å²) in [5, 5.41) is 3.89. The highest BCUT2D eigenvalue weighted by molar-refractivity contribution is 5.83. The Morgan fingerprint density at radius 3 is 3.06 bits per heavy atom. The first-order valence-corrected chi connectivity index (χ1v) is 6.21. The normalized spacial score (nSPS) is 24.6. The molecule has 0 N–H and O–H groups in total. The fourth-order valence-corrected chi connectivity index (χ4v) is 2.35. The molecule has 1 aromatic rings. The average Bonchev–Trinajstić information content (AvgIpc) is 2.78. The molecule has 0 aromatic carbocycles. The van der Waals surface area contributed by atoms with E-state index in [4.69, 9.17) is 9.26 Å². The molecule has 0 spiro atoms. The number of ether oxygens (including phenoxy) is 1. The molecule has 17 heavy (non-hydrogen) atoms. The summed E-state index contributed by atoms with van der Waals surface area (Å²) in [5.41, 5.74) is 0. The minimum absolute atomic E-state index is 0.0277. The summed E-state index contributed by atoms with van der Waals surface area (Å²) in [6, 6.07) is 0. The summed E-state index contributed by atoms with van der Waals surface area (Å²) in [6.07, 6.45) is 4.60. The Morgan fingerprint density at radius 2 is 2.35 bits per heavy atom. The van der Waals surface area contributed by atoms with E-state index in [0.29, 0.717) is 24.3 Å². The largest absolute Gasteiger partial charge is 0.459 e. The van der Waals surface area contributed by atoms with E-state index in [1.165, 1.54) is 12.8 Å². The van der Waals surface area contributed by atoms with Crippen LogP contribution in [-0.4, -0.2) is 22.7 Å². The predicted octanol–water partition coefficient (Wildman–Crippen LogP) is 2.54. The van der Waals surface area contributed by atoms with Gasteiger partial charge in [-0.3, -0.25) is 0 Å². The highest BCUT2D eigenvalue weighted by Gasteiger charge is 2.26. The van der Waals surface area contributed by atoms with E-state index in [9.17, 15) is 4.79 Å². The first-order chi connectivity index (χ1) is 8.20. The fourth-order valence-electron chi connectivity index (χ4n) is 2.35. The second-order valence-electron chi connectivity index (χ2n) is 4.65. The van der Waals surface area contributed by atoms with Gasteiger partial charge >= 0.3 is 11.9 Å². The molecule has 5 heteroatoms. The van der Waals surface area contributed by atoms with Crippen LogP contribution in [0.1, 0.15) is 62.0 Å². The third-order valence-electron chi connectivity index (χ3n) is 3.19. The van der Waals surface area contributed by atoms with Gasteiger partial charge in [0.15, 0.2) is 5.82 Å². The van der Waals surface area contributed by atoms with E-state index in [1.54, 1.807) is 6.92 Å². The minimum Gasteiger partial charge on any atom is -0.459 e. The number of nitrogens with zero attached hydrogens (tertiary/aromatic N) is 2. The molecule has 0 radical (unpaired) electrons. The van der Waals surface area contributed by atoms with Gasteiger partial charge in [-0.25, -0.2) is 4.79 Å². The summed E-state index contributed by atoms with van der Waals surface area (Å²) in [6.45, 7) is 4.30. The quantitative estimate of drug-likeness (QED) is 0.757. The van der Waals surface area contributed by atoms with Crippen molar-refractivity contribution < 1.29 is 14.1 Å². The second kappa shape index (κ2) is 5.29. The first kappa shape index (κ1) is 12.1. The van der Waals surface area contributed by atoms with Crippen LogP contribution in [0, 0.1) is 5.92 Å². The molecule has 94 valence electrons. The van der Waals surface area contributed by atoms with Gasteiger partial charge < -0.3 is 9.26 Å². The minimum atomic E-state index is -0.532. The molecule has 1 aromatic heterocycles. The van der Waals surface area contributed by atoms with Crippen molar-refractivity contribution in [3.8, 4) is 0 Å². The average molecular weight is 238 g/mol. The van der Waals surface area contributed by atoms with Crippen LogP contribution in [-0.2, 0) is 4.74 Å². The van der Waals surface area contributed by atoms with Crippen LogP contribution >= 0.6 is 0 Å². The molecular weight excluding hydrogens is 220 g/mol. The van der Waals surface area contributed by atoms with E-state index in [-0.39, 0.29) is 5.89 Å². The molecule has 1 aliphatic carbocycles.